The third-order valence-corrected chi connectivity index (χ3v) is 4.91. The summed E-state index contributed by atoms with van der Waals surface area (Å²) in [5.74, 6) is 0.883. The van der Waals surface area contributed by atoms with Gasteiger partial charge in [0.15, 0.2) is 0 Å². The Morgan fingerprint density at radius 3 is 2.65 bits per heavy atom. The summed E-state index contributed by atoms with van der Waals surface area (Å²) in [5, 5.41) is 3.52. The number of likely N-dealkylation sites (N-methyl/N-ethyl adjacent to an activating group) is 1. The summed E-state index contributed by atoms with van der Waals surface area (Å²) in [6.45, 7) is 8.52. The number of rotatable bonds is 8. The Morgan fingerprint density at radius 1 is 1.10 bits per heavy atom. The highest BCUT2D eigenvalue weighted by Gasteiger charge is 2.43. The van der Waals surface area contributed by atoms with Gasteiger partial charge in [-0.2, -0.15) is 0 Å². The fraction of sp³-hybridized carbons (Fsp3) is 1.00. The molecule has 0 radical (unpaired) electrons. The first kappa shape index (κ1) is 16.3. The van der Waals surface area contributed by atoms with E-state index in [1.165, 1.54) is 32.1 Å². The lowest BCUT2D eigenvalue weighted by molar-refractivity contribution is -0.174. The zero-order chi connectivity index (χ0) is 14.4. The standard InChI is InChI=1S/C17H33NO2/c1-4-10-19-17-15(18-6-3)12-16(17)20-14-9-7-8-13(5-2)11-14/h13-18H,4-12H2,1-3H3. The van der Waals surface area contributed by atoms with Crippen LogP contribution >= 0.6 is 0 Å². The van der Waals surface area contributed by atoms with Gasteiger partial charge in [-0.1, -0.05) is 40.0 Å². The molecule has 0 aromatic rings. The summed E-state index contributed by atoms with van der Waals surface area (Å²) in [4.78, 5) is 0. The third kappa shape index (κ3) is 4.19. The van der Waals surface area contributed by atoms with E-state index in [9.17, 15) is 0 Å². The summed E-state index contributed by atoms with van der Waals surface area (Å²) < 4.78 is 12.4. The summed E-state index contributed by atoms with van der Waals surface area (Å²) in [6, 6.07) is 0.502. The fourth-order valence-electron chi connectivity index (χ4n) is 3.64. The molecular formula is C17H33NO2. The largest absolute Gasteiger partial charge is 0.374 e. The van der Waals surface area contributed by atoms with Gasteiger partial charge in [0.1, 0.15) is 0 Å². The topological polar surface area (TPSA) is 30.5 Å². The van der Waals surface area contributed by atoms with Crippen LogP contribution in [0.1, 0.15) is 65.7 Å². The minimum atomic E-state index is 0.275. The molecule has 0 heterocycles. The van der Waals surface area contributed by atoms with Crippen molar-refractivity contribution in [3.63, 3.8) is 0 Å². The molecule has 2 rings (SSSR count). The Bertz CT molecular complexity index is 272. The van der Waals surface area contributed by atoms with Gasteiger partial charge in [-0.15, -0.1) is 0 Å². The Hall–Kier alpha value is -0.120. The molecule has 2 aliphatic rings. The Kier molecular flexibility index (Phi) is 6.79. The van der Waals surface area contributed by atoms with E-state index < -0.39 is 0 Å². The van der Waals surface area contributed by atoms with Crippen molar-refractivity contribution in [2.45, 2.75) is 90.1 Å². The van der Waals surface area contributed by atoms with Crippen LogP contribution in [0.2, 0.25) is 0 Å². The molecule has 0 aromatic heterocycles. The molecule has 2 saturated carbocycles. The van der Waals surface area contributed by atoms with E-state index >= 15 is 0 Å². The first-order valence-electron chi connectivity index (χ1n) is 8.78. The molecule has 2 fully saturated rings. The highest BCUT2D eigenvalue weighted by atomic mass is 16.6. The molecule has 0 bridgehead atoms. The zero-order valence-corrected chi connectivity index (χ0v) is 13.6. The molecule has 0 amide bonds. The molecule has 0 aromatic carbocycles. The Labute approximate surface area is 124 Å². The van der Waals surface area contributed by atoms with Crippen molar-refractivity contribution >= 4 is 0 Å². The first-order valence-corrected chi connectivity index (χ1v) is 8.78. The summed E-state index contributed by atoms with van der Waals surface area (Å²) in [5.41, 5.74) is 0. The molecular weight excluding hydrogens is 250 g/mol. The van der Waals surface area contributed by atoms with Crippen molar-refractivity contribution < 1.29 is 9.47 Å². The molecule has 3 heteroatoms. The smallest absolute Gasteiger partial charge is 0.0990 e. The van der Waals surface area contributed by atoms with Crippen molar-refractivity contribution in [1.82, 2.24) is 5.32 Å². The average Bonchev–Trinajstić information content (AvgIpc) is 2.46. The second kappa shape index (κ2) is 8.35. The van der Waals surface area contributed by atoms with Gasteiger partial charge < -0.3 is 14.8 Å². The van der Waals surface area contributed by atoms with E-state index in [2.05, 4.69) is 26.1 Å². The average molecular weight is 283 g/mol. The second-order valence-corrected chi connectivity index (χ2v) is 6.47. The van der Waals surface area contributed by atoms with Crippen LogP contribution in [-0.4, -0.2) is 37.5 Å². The molecule has 0 spiro atoms. The molecule has 3 nitrogen and oxygen atoms in total. The first-order chi connectivity index (χ1) is 9.78. The van der Waals surface area contributed by atoms with Gasteiger partial charge in [0, 0.05) is 12.6 Å². The summed E-state index contributed by atoms with van der Waals surface area (Å²) in [7, 11) is 0. The Morgan fingerprint density at radius 2 is 1.95 bits per heavy atom. The maximum Gasteiger partial charge on any atom is 0.0990 e. The van der Waals surface area contributed by atoms with Crippen molar-refractivity contribution in [3.8, 4) is 0 Å². The highest BCUT2D eigenvalue weighted by molar-refractivity contribution is 4.98. The predicted molar refractivity (Wildman–Crippen MR) is 83.0 cm³/mol. The Balaban J connectivity index is 1.78. The molecule has 20 heavy (non-hydrogen) atoms. The van der Waals surface area contributed by atoms with Gasteiger partial charge in [-0.25, -0.2) is 0 Å². The van der Waals surface area contributed by atoms with Crippen LogP contribution in [0.25, 0.3) is 0 Å². The van der Waals surface area contributed by atoms with Crippen molar-refractivity contribution in [1.29, 1.82) is 0 Å². The maximum absolute atomic E-state index is 6.38. The molecule has 118 valence electrons. The van der Waals surface area contributed by atoms with Gasteiger partial charge in [0.2, 0.25) is 0 Å². The van der Waals surface area contributed by atoms with E-state index in [0.717, 1.165) is 31.9 Å². The molecule has 1 N–H and O–H groups in total. The van der Waals surface area contributed by atoms with E-state index in [4.69, 9.17) is 9.47 Å². The predicted octanol–water partition coefficient (Wildman–Crippen LogP) is 3.52. The van der Waals surface area contributed by atoms with Gasteiger partial charge in [-0.05, 0) is 38.1 Å². The van der Waals surface area contributed by atoms with Crippen molar-refractivity contribution in [2.75, 3.05) is 13.2 Å². The maximum atomic E-state index is 6.38. The minimum absolute atomic E-state index is 0.275. The van der Waals surface area contributed by atoms with Crippen LogP contribution in [0, 0.1) is 5.92 Å². The fourth-order valence-corrected chi connectivity index (χ4v) is 3.64. The van der Waals surface area contributed by atoms with Crippen molar-refractivity contribution in [2.24, 2.45) is 5.92 Å². The van der Waals surface area contributed by atoms with Crippen molar-refractivity contribution in [3.05, 3.63) is 0 Å². The van der Waals surface area contributed by atoms with E-state index in [0.29, 0.717) is 18.2 Å². The lowest BCUT2D eigenvalue weighted by atomic mass is 9.82. The SMILES string of the molecule is CCCOC1C(NCC)CC1OC1CCCC(CC)C1. The lowest BCUT2D eigenvalue weighted by Gasteiger charge is -2.46. The quantitative estimate of drug-likeness (QED) is 0.739. The molecule has 5 atom stereocenters. The van der Waals surface area contributed by atoms with Gasteiger partial charge in [0.05, 0.1) is 18.3 Å². The molecule has 5 unspecified atom stereocenters. The molecule has 2 aliphatic carbocycles. The molecule has 0 aliphatic heterocycles. The number of nitrogens with one attached hydrogen (secondary N) is 1. The van der Waals surface area contributed by atoms with Crippen LogP contribution in [0.4, 0.5) is 0 Å². The number of ether oxygens (including phenoxy) is 2. The zero-order valence-electron chi connectivity index (χ0n) is 13.6. The normalized spacial score (nSPS) is 37.6. The summed E-state index contributed by atoms with van der Waals surface area (Å²) in [6.07, 6.45) is 9.85. The van der Waals surface area contributed by atoms with Crippen LogP contribution in [0.3, 0.4) is 0 Å². The van der Waals surface area contributed by atoms with Gasteiger partial charge >= 0.3 is 0 Å². The van der Waals surface area contributed by atoms with Gasteiger partial charge in [-0.3, -0.25) is 0 Å². The van der Waals surface area contributed by atoms with Crippen LogP contribution in [0.15, 0.2) is 0 Å². The van der Waals surface area contributed by atoms with E-state index in [1.807, 2.05) is 0 Å². The van der Waals surface area contributed by atoms with Crippen LogP contribution in [0.5, 0.6) is 0 Å². The van der Waals surface area contributed by atoms with Gasteiger partial charge in [0.25, 0.3) is 0 Å². The van der Waals surface area contributed by atoms with Crippen LogP contribution < -0.4 is 5.32 Å². The molecule has 0 saturated heterocycles. The minimum Gasteiger partial charge on any atom is -0.374 e. The summed E-state index contributed by atoms with van der Waals surface area (Å²) >= 11 is 0. The van der Waals surface area contributed by atoms with E-state index in [1.54, 1.807) is 0 Å². The third-order valence-electron chi connectivity index (χ3n) is 4.91. The van der Waals surface area contributed by atoms with E-state index in [-0.39, 0.29) is 6.10 Å². The number of hydrogen-bond acceptors (Lipinski definition) is 3. The van der Waals surface area contributed by atoms with Crippen LogP contribution in [-0.2, 0) is 9.47 Å². The monoisotopic (exact) mass is 283 g/mol. The second-order valence-electron chi connectivity index (χ2n) is 6.47. The number of hydrogen-bond donors (Lipinski definition) is 1. The lowest BCUT2D eigenvalue weighted by Crippen LogP contribution is -2.61. The highest BCUT2D eigenvalue weighted by Crippen LogP contribution is 2.34.